The first kappa shape index (κ1) is 15.2. The van der Waals surface area contributed by atoms with Crippen molar-refractivity contribution in [3.63, 3.8) is 0 Å². The van der Waals surface area contributed by atoms with Crippen molar-refractivity contribution < 1.29 is 4.39 Å². The van der Waals surface area contributed by atoms with Gasteiger partial charge in [0, 0.05) is 14.5 Å². The highest BCUT2D eigenvalue weighted by Gasteiger charge is 2.19. The van der Waals surface area contributed by atoms with E-state index in [1.807, 2.05) is 31.2 Å². The first-order chi connectivity index (χ1) is 8.91. The van der Waals surface area contributed by atoms with Crippen LogP contribution in [0.2, 0.25) is 0 Å². The number of rotatable bonds is 2. The Balaban J connectivity index is 2.53. The molecule has 19 heavy (non-hydrogen) atoms. The van der Waals surface area contributed by atoms with Gasteiger partial charge in [-0.25, -0.2) is 4.39 Å². The third kappa shape index (κ3) is 3.11. The number of alkyl halides is 1. The SMILES string of the molecule is Cc1cc(Br)c(C(Br)c2cccc(C)c2F)cc1Br. The molecule has 1 atom stereocenters. The molecular weight excluding hydrogens is 439 g/mol. The van der Waals surface area contributed by atoms with Crippen molar-refractivity contribution in [1.82, 2.24) is 0 Å². The van der Waals surface area contributed by atoms with Gasteiger partial charge in [0.15, 0.2) is 0 Å². The quantitative estimate of drug-likeness (QED) is 0.461. The average Bonchev–Trinajstić information content (AvgIpc) is 2.36. The number of hydrogen-bond acceptors (Lipinski definition) is 0. The van der Waals surface area contributed by atoms with E-state index < -0.39 is 0 Å². The highest BCUT2D eigenvalue weighted by Crippen LogP contribution is 2.39. The van der Waals surface area contributed by atoms with Crippen LogP contribution in [-0.4, -0.2) is 0 Å². The van der Waals surface area contributed by atoms with Crippen molar-refractivity contribution in [2.24, 2.45) is 0 Å². The molecular formula is C15H12Br3F. The van der Waals surface area contributed by atoms with Gasteiger partial charge in [0.1, 0.15) is 5.82 Å². The number of hydrogen-bond donors (Lipinski definition) is 0. The molecule has 0 spiro atoms. The van der Waals surface area contributed by atoms with Crippen LogP contribution in [0.25, 0.3) is 0 Å². The molecule has 1 unspecified atom stereocenters. The molecule has 0 bridgehead atoms. The maximum absolute atomic E-state index is 14.2. The summed E-state index contributed by atoms with van der Waals surface area (Å²) in [6.07, 6.45) is 0. The number of aryl methyl sites for hydroxylation is 2. The Kier molecular flexibility index (Phi) is 4.85. The molecule has 2 aromatic carbocycles. The molecule has 2 rings (SSSR count). The van der Waals surface area contributed by atoms with E-state index in [0.717, 1.165) is 20.1 Å². The fourth-order valence-electron chi connectivity index (χ4n) is 1.89. The van der Waals surface area contributed by atoms with Crippen LogP contribution in [0.5, 0.6) is 0 Å². The van der Waals surface area contributed by atoms with Gasteiger partial charge < -0.3 is 0 Å². The highest BCUT2D eigenvalue weighted by atomic mass is 79.9. The molecule has 0 aliphatic carbocycles. The Morgan fingerprint density at radius 1 is 0.947 bits per heavy atom. The molecule has 0 amide bonds. The van der Waals surface area contributed by atoms with Crippen molar-refractivity contribution in [3.8, 4) is 0 Å². The van der Waals surface area contributed by atoms with Crippen LogP contribution < -0.4 is 0 Å². The summed E-state index contributed by atoms with van der Waals surface area (Å²) in [5.74, 6) is -0.159. The first-order valence-corrected chi connectivity index (χ1v) is 8.26. The fraction of sp³-hybridized carbons (Fsp3) is 0.200. The molecule has 0 aliphatic heterocycles. The van der Waals surface area contributed by atoms with Gasteiger partial charge in [0.2, 0.25) is 0 Å². The van der Waals surface area contributed by atoms with E-state index in [4.69, 9.17) is 0 Å². The maximum Gasteiger partial charge on any atom is 0.130 e. The van der Waals surface area contributed by atoms with Crippen LogP contribution in [0.3, 0.4) is 0 Å². The second-order valence-corrected chi connectivity index (χ2v) is 7.09. The van der Waals surface area contributed by atoms with E-state index in [2.05, 4.69) is 47.8 Å². The van der Waals surface area contributed by atoms with E-state index in [9.17, 15) is 4.39 Å². The predicted octanol–water partition coefficient (Wildman–Crippen LogP) is 6.45. The zero-order valence-electron chi connectivity index (χ0n) is 10.5. The van der Waals surface area contributed by atoms with Crippen molar-refractivity contribution in [2.75, 3.05) is 0 Å². The zero-order chi connectivity index (χ0) is 14.2. The summed E-state index contributed by atoms with van der Waals surface area (Å²) >= 11 is 10.7. The Hall–Kier alpha value is -0.190. The minimum Gasteiger partial charge on any atom is -0.206 e. The molecule has 0 N–H and O–H groups in total. The lowest BCUT2D eigenvalue weighted by Gasteiger charge is -2.16. The summed E-state index contributed by atoms with van der Waals surface area (Å²) in [6, 6.07) is 9.50. The summed E-state index contributed by atoms with van der Waals surface area (Å²) in [6.45, 7) is 3.80. The topological polar surface area (TPSA) is 0 Å². The Morgan fingerprint density at radius 2 is 1.63 bits per heavy atom. The molecule has 0 aliphatic rings. The molecule has 0 saturated carbocycles. The Labute approximate surface area is 137 Å². The fourth-order valence-corrected chi connectivity index (χ4v) is 3.98. The van der Waals surface area contributed by atoms with Gasteiger partial charge in [0.25, 0.3) is 0 Å². The number of halogens is 4. The summed E-state index contributed by atoms with van der Waals surface area (Å²) < 4.78 is 16.2. The van der Waals surface area contributed by atoms with Crippen molar-refractivity contribution in [1.29, 1.82) is 0 Å². The molecule has 0 saturated heterocycles. The number of benzene rings is 2. The lowest BCUT2D eigenvalue weighted by atomic mass is 10.0. The summed E-state index contributed by atoms with van der Waals surface area (Å²) in [5, 5.41) is 0. The minimum atomic E-state index is -0.182. The third-order valence-electron chi connectivity index (χ3n) is 3.05. The lowest BCUT2D eigenvalue weighted by Crippen LogP contribution is -2.00. The molecule has 4 heteroatoms. The molecule has 0 heterocycles. The van der Waals surface area contributed by atoms with Crippen LogP contribution in [0, 0.1) is 19.7 Å². The van der Waals surface area contributed by atoms with Crippen molar-refractivity contribution >= 4 is 47.8 Å². The van der Waals surface area contributed by atoms with Gasteiger partial charge in [-0.15, -0.1) is 0 Å². The molecule has 0 aromatic heterocycles. The molecule has 0 nitrogen and oxygen atoms in total. The predicted molar refractivity (Wildman–Crippen MR) is 88.5 cm³/mol. The zero-order valence-corrected chi connectivity index (χ0v) is 15.2. The largest absolute Gasteiger partial charge is 0.206 e. The van der Waals surface area contributed by atoms with Gasteiger partial charge >= 0.3 is 0 Å². The van der Waals surface area contributed by atoms with E-state index in [1.165, 1.54) is 0 Å². The smallest absolute Gasteiger partial charge is 0.130 e. The highest BCUT2D eigenvalue weighted by molar-refractivity contribution is 9.11. The standard InChI is InChI=1S/C15H12Br3F/c1-8-4-3-5-10(15(8)19)14(18)11-7-12(16)9(2)6-13(11)17/h3-7,14H,1-2H3. The first-order valence-electron chi connectivity index (χ1n) is 5.76. The normalized spacial score (nSPS) is 12.5. The van der Waals surface area contributed by atoms with E-state index in [0.29, 0.717) is 11.1 Å². The van der Waals surface area contributed by atoms with Crippen LogP contribution >= 0.6 is 47.8 Å². The van der Waals surface area contributed by atoms with Crippen LogP contribution in [-0.2, 0) is 0 Å². The molecule has 2 aromatic rings. The van der Waals surface area contributed by atoms with Gasteiger partial charge in [0.05, 0.1) is 4.83 Å². The van der Waals surface area contributed by atoms with Crippen LogP contribution in [0.15, 0.2) is 39.3 Å². The van der Waals surface area contributed by atoms with E-state index in [-0.39, 0.29) is 10.6 Å². The molecule has 100 valence electrons. The van der Waals surface area contributed by atoms with E-state index in [1.54, 1.807) is 13.0 Å². The van der Waals surface area contributed by atoms with Gasteiger partial charge in [-0.2, -0.15) is 0 Å². The lowest BCUT2D eigenvalue weighted by molar-refractivity contribution is 0.604. The second-order valence-electron chi connectivity index (χ2n) is 4.46. The minimum absolute atomic E-state index is 0.159. The van der Waals surface area contributed by atoms with Crippen molar-refractivity contribution in [3.05, 3.63) is 67.3 Å². The summed E-state index contributed by atoms with van der Waals surface area (Å²) in [7, 11) is 0. The third-order valence-corrected chi connectivity index (χ3v) is 5.57. The molecule has 0 radical (unpaired) electrons. The monoisotopic (exact) mass is 448 g/mol. The second kappa shape index (κ2) is 6.06. The maximum atomic E-state index is 14.2. The van der Waals surface area contributed by atoms with Crippen LogP contribution in [0.1, 0.15) is 27.1 Å². The average molecular weight is 451 g/mol. The van der Waals surface area contributed by atoms with Gasteiger partial charge in [-0.1, -0.05) is 66.0 Å². The Morgan fingerprint density at radius 3 is 2.32 bits per heavy atom. The van der Waals surface area contributed by atoms with Gasteiger partial charge in [-0.3, -0.25) is 0 Å². The van der Waals surface area contributed by atoms with Crippen molar-refractivity contribution in [2.45, 2.75) is 18.7 Å². The summed E-state index contributed by atoms with van der Waals surface area (Å²) in [5.41, 5.74) is 3.45. The van der Waals surface area contributed by atoms with E-state index >= 15 is 0 Å². The summed E-state index contributed by atoms with van der Waals surface area (Å²) in [4.78, 5) is -0.182. The van der Waals surface area contributed by atoms with Crippen LogP contribution in [0.4, 0.5) is 4.39 Å². The Bertz CT molecular complexity index is 623. The molecule has 0 fully saturated rings. The van der Waals surface area contributed by atoms with Gasteiger partial charge in [-0.05, 0) is 42.7 Å².